The molecule has 0 saturated carbocycles. The van der Waals surface area contributed by atoms with Crippen LogP contribution < -0.4 is 5.73 Å². The number of fused-ring (bicyclic) bond motifs is 1. The number of thioether (sulfide) groups is 1. The standard InChI is InChI=1S/C18H17N3O3S2/c1-3-24-12(23)9-25-18-20-15(11-7-5-4-6-8-11)13-14(19)16(10(2)22)26-17(13)21-18/h4-8H,3,9,19H2,1-2H3. The molecule has 3 aromatic rings. The van der Waals surface area contributed by atoms with Gasteiger partial charge in [0.05, 0.1) is 34.0 Å². The van der Waals surface area contributed by atoms with Crippen molar-refractivity contribution < 1.29 is 14.3 Å². The van der Waals surface area contributed by atoms with Gasteiger partial charge in [0.2, 0.25) is 0 Å². The van der Waals surface area contributed by atoms with Crippen molar-refractivity contribution >= 4 is 50.8 Å². The van der Waals surface area contributed by atoms with E-state index in [2.05, 4.69) is 9.97 Å². The predicted octanol–water partition coefficient (Wildman–Crippen LogP) is 3.80. The van der Waals surface area contributed by atoms with Crippen LogP contribution in [0.1, 0.15) is 23.5 Å². The fourth-order valence-corrected chi connectivity index (χ4v) is 4.15. The predicted molar refractivity (Wildman–Crippen MR) is 105 cm³/mol. The van der Waals surface area contributed by atoms with Gasteiger partial charge in [-0.25, -0.2) is 9.97 Å². The van der Waals surface area contributed by atoms with Crippen molar-refractivity contribution in [2.24, 2.45) is 0 Å². The lowest BCUT2D eigenvalue weighted by molar-refractivity contribution is -0.139. The van der Waals surface area contributed by atoms with Crippen LogP contribution in [-0.4, -0.2) is 34.1 Å². The average Bonchev–Trinajstić information content (AvgIpc) is 2.97. The smallest absolute Gasteiger partial charge is 0.316 e. The van der Waals surface area contributed by atoms with Crippen LogP contribution in [0.25, 0.3) is 21.5 Å². The first-order valence-electron chi connectivity index (χ1n) is 7.96. The number of carbonyl (C=O) groups excluding carboxylic acids is 2. The number of esters is 1. The first-order chi connectivity index (χ1) is 12.5. The zero-order valence-corrected chi connectivity index (χ0v) is 15.9. The lowest BCUT2D eigenvalue weighted by atomic mass is 10.1. The number of carbonyl (C=O) groups is 2. The van der Waals surface area contributed by atoms with E-state index in [1.54, 1.807) is 6.92 Å². The lowest BCUT2D eigenvalue weighted by Gasteiger charge is -2.07. The molecule has 0 radical (unpaired) electrons. The van der Waals surface area contributed by atoms with Crippen LogP contribution in [0.4, 0.5) is 5.69 Å². The molecule has 0 aliphatic rings. The van der Waals surface area contributed by atoms with Gasteiger partial charge >= 0.3 is 5.97 Å². The maximum absolute atomic E-state index is 11.9. The molecule has 8 heteroatoms. The second-order valence-electron chi connectivity index (χ2n) is 5.40. The lowest BCUT2D eigenvalue weighted by Crippen LogP contribution is -2.07. The van der Waals surface area contributed by atoms with Crippen molar-refractivity contribution in [2.45, 2.75) is 19.0 Å². The van der Waals surface area contributed by atoms with Gasteiger partial charge in [0, 0.05) is 12.5 Å². The van der Waals surface area contributed by atoms with Crippen LogP contribution in [0.2, 0.25) is 0 Å². The number of nitrogen functional groups attached to an aromatic ring is 1. The molecule has 0 spiro atoms. The quantitative estimate of drug-likeness (QED) is 0.297. The van der Waals surface area contributed by atoms with Crippen molar-refractivity contribution in [1.82, 2.24) is 9.97 Å². The Balaban J connectivity index is 2.11. The number of aromatic nitrogens is 2. The second-order valence-corrected chi connectivity index (χ2v) is 7.34. The van der Waals surface area contributed by atoms with Crippen molar-refractivity contribution in [3.63, 3.8) is 0 Å². The minimum absolute atomic E-state index is 0.106. The Hall–Kier alpha value is -2.45. The Kier molecular flexibility index (Phi) is 5.53. The molecule has 0 fully saturated rings. The van der Waals surface area contributed by atoms with E-state index in [4.69, 9.17) is 10.5 Å². The van der Waals surface area contributed by atoms with Gasteiger partial charge in [0.1, 0.15) is 4.83 Å². The minimum Gasteiger partial charge on any atom is -0.465 e. The molecule has 1 aromatic carbocycles. The van der Waals surface area contributed by atoms with E-state index in [0.29, 0.717) is 38.2 Å². The van der Waals surface area contributed by atoms with Crippen molar-refractivity contribution in [3.05, 3.63) is 35.2 Å². The summed E-state index contributed by atoms with van der Waals surface area (Å²) >= 11 is 2.44. The van der Waals surface area contributed by atoms with Crippen LogP contribution in [0.3, 0.4) is 0 Å². The van der Waals surface area contributed by atoms with Crippen molar-refractivity contribution in [1.29, 1.82) is 0 Å². The number of Topliss-reactive ketones (excluding diaryl/α,β-unsaturated/α-hetero) is 1. The monoisotopic (exact) mass is 387 g/mol. The molecule has 3 rings (SSSR count). The van der Waals surface area contributed by atoms with Gasteiger partial charge in [-0.05, 0) is 6.92 Å². The molecule has 0 unspecified atom stereocenters. The first kappa shape index (κ1) is 18.3. The second kappa shape index (κ2) is 7.84. The molecule has 0 saturated heterocycles. The van der Waals surface area contributed by atoms with E-state index < -0.39 is 0 Å². The van der Waals surface area contributed by atoms with Crippen LogP contribution in [0.5, 0.6) is 0 Å². The average molecular weight is 387 g/mol. The zero-order valence-electron chi connectivity index (χ0n) is 14.3. The summed E-state index contributed by atoms with van der Waals surface area (Å²) in [5.74, 6) is -0.309. The first-order valence-corrected chi connectivity index (χ1v) is 9.76. The van der Waals surface area contributed by atoms with E-state index >= 15 is 0 Å². The third-order valence-electron chi connectivity index (χ3n) is 3.56. The number of hydrogen-bond acceptors (Lipinski definition) is 8. The molecule has 2 N–H and O–H groups in total. The minimum atomic E-state index is -0.322. The molecule has 0 amide bonds. The van der Waals surface area contributed by atoms with E-state index in [9.17, 15) is 9.59 Å². The molecular formula is C18H17N3O3S2. The number of rotatable bonds is 6. The van der Waals surface area contributed by atoms with Gasteiger partial charge in [0.15, 0.2) is 10.9 Å². The topological polar surface area (TPSA) is 95.2 Å². The summed E-state index contributed by atoms with van der Waals surface area (Å²) in [4.78, 5) is 33.7. The van der Waals surface area contributed by atoms with Gasteiger partial charge < -0.3 is 10.5 Å². The van der Waals surface area contributed by atoms with Gasteiger partial charge in [-0.3, -0.25) is 9.59 Å². The Morgan fingerprint density at radius 1 is 1.23 bits per heavy atom. The summed E-state index contributed by atoms with van der Waals surface area (Å²) < 4.78 is 4.94. The Bertz CT molecular complexity index is 971. The summed E-state index contributed by atoms with van der Waals surface area (Å²) in [6, 6.07) is 9.57. The van der Waals surface area contributed by atoms with E-state index in [-0.39, 0.29) is 17.5 Å². The van der Waals surface area contributed by atoms with Gasteiger partial charge in [-0.1, -0.05) is 42.1 Å². The third-order valence-corrected chi connectivity index (χ3v) is 5.58. The summed E-state index contributed by atoms with van der Waals surface area (Å²) in [5, 5.41) is 1.12. The number of thiophene rings is 1. The Labute approximate surface area is 158 Å². The van der Waals surface area contributed by atoms with Gasteiger partial charge in [-0.15, -0.1) is 11.3 Å². The number of ketones is 1. The number of hydrogen-bond donors (Lipinski definition) is 1. The van der Waals surface area contributed by atoms with Crippen LogP contribution in [0, 0.1) is 0 Å². The SMILES string of the molecule is CCOC(=O)CSc1nc(-c2ccccc2)c2c(N)c(C(C)=O)sc2n1. The number of nitrogens with two attached hydrogens (primary N) is 1. The van der Waals surface area contributed by atoms with Gasteiger partial charge in [-0.2, -0.15) is 0 Å². The normalized spacial score (nSPS) is 10.8. The highest BCUT2D eigenvalue weighted by atomic mass is 32.2. The highest BCUT2D eigenvalue weighted by Gasteiger charge is 2.20. The van der Waals surface area contributed by atoms with Crippen molar-refractivity contribution in [3.8, 4) is 11.3 Å². The molecule has 2 heterocycles. The summed E-state index contributed by atoms with van der Waals surface area (Å²) in [5.41, 5.74) is 8.15. The number of nitrogens with zero attached hydrogens (tertiary/aromatic N) is 2. The molecule has 0 aliphatic carbocycles. The molecule has 26 heavy (non-hydrogen) atoms. The molecule has 2 aromatic heterocycles. The molecule has 134 valence electrons. The van der Waals surface area contributed by atoms with E-state index in [0.717, 1.165) is 5.56 Å². The maximum atomic E-state index is 11.9. The molecule has 0 bridgehead atoms. The van der Waals surface area contributed by atoms with E-state index in [1.165, 1.54) is 30.0 Å². The van der Waals surface area contributed by atoms with Crippen molar-refractivity contribution in [2.75, 3.05) is 18.1 Å². The summed E-state index contributed by atoms with van der Waals surface area (Å²) in [6.07, 6.45) is 0. The Morgan fingerprint density at radius 3 is 2.62 bits per heavy atom. The number of anilines is 1. The fraction of sp³-hybridized carbons (Fsp3) is 0.222. The number of benzene rings is 1. The van der Waals surface area contributed by atoms with Crippen LogP contribution >= 0.6 is 23.1 Å². The Morgan fingerprint density at radius 2 is 1.96 bits per heavy atom. The highest BCUT2D eigenvalue weighted by molar-refractivity contribution is 7.99. The molecule has 0 atom stereocenters. The maximum Gasteiger partial charge on any atom is 0.316 e. The largest absolute Gasteiger partial charge is 0.465 e. The summed E-state index contributed by atoms with van der Waals surface area (Å²) in [7, 11) is 0. The van der Waals surface area contributed by atoms with E-state index in [1.807, 2.05) is 30.3 Å². The molecule has 6 nitrogen and oxygen atoms in total. The fourth-order valence-electron chi connectivity index (χ4n) is 2.46. The van der Waals surface area contributed by atoms with Gasteiger partial charge in [0.25, 0.3) is 0 Å². The third kappa shape index (κ3) is 3.71. The number of ether oxygens (including phenoxy) is 1. The van der Waals surface area contributed by atoms with Crippen LogP contribution in [-0.2, 0) is 9.53 Å². The molecule has 0 aliphatic heterocycles. The van der Waals surface area contributed by atoms with Crippen LogP contribution in [0.15, 0.2) is 35.5 Å². The summed E-state index contributed by atoms with van der Waals surface area (Å²) in [6.45, 7) is 3.57. The zero-order chi connectivity index (χ0) is 18.7. The molecular weight excluding hydrogens is 370 g/mol. The highest BCUT2D eigenvalue weighted by Crippen LogP contribution is 2.39.